The lowest BCUT2D eigenvalue weighted by molar-refractivity contribution is -0.205. The number of aliphatic hydroxyl groups is 1. The molecule has 5 rings (SSSR count). The smallest absolute Gasteiger partial charge is 0.325 e. The third-order valence-electron chi connectivity index (χ3n) is 7.25. The van der Waals surface area contributed by atoms with Crippen LogP contribution < -0.4 is 10.6 Å². The summed E-state index contributed by atoms with van der Waals surface area (Å²) in [5, 5.41) is 11.1. The Balaban J connectivity index is 1.28. The second-order valence-electron chi connectivity index (χ2n) is 10.1. The fourth-order valence-electron chi connectivity index (χ4n) is 4.92. The number of aliphatic hydroxyl groups excluding tert-OH is 1. The van der Waals surface area contributed by atoms with Gasteiger partial charge in [0.25, 0.3) is 0 Å². The molecule has 2 fully saturated rings. The molecule has 2 aliphatic rings. The molecule has 0 aromatic carbocycles. The number of anilines is 1. The quantitative estimate of drug-likeness (QED) is 0.202. The highest BCUT2D eigenvalue weighted by Crippen LogP contribution is 2.41. The summed E-state index contributed by atoms with van der Waals surface area (Å²) in [7, 11) is -0.625. The van der Waals surface area contributed by atoms with Crippen LogP contribution in [0.4, 0.5) is 5.82 Å². The number of nitrogen functional groups attached to an aromatic ring is 1. The Morgan fingerprint density at radius 1 is 1.32 bits per heavy atom. The molecular weight excluding hydrogens is 555 g/mol. The van der Waals surface area contributed by atoms with Crippen molar-refractivity contribution in [1.82, 2.24) is 33.7 Å². The topological polar surface area (TPSA) is 186 Å². The highest BCUT2D eigenvalue weighted by molar-refractivity contribution is 7.49. The van der Waals surface area contributed by atoms with E-state index in [2.05, 4.69) is 31.7 Å². The van der Waals surface area contributed by atoms with Crippen LogP contribution >= 0.6 is 7.75 Å². The van der Waals surface area contributed by atoms with Gasteiger partial charge in [-0.2, -0.15) is 0 Å². The van der Waals surface area contributed by atoms with Crippen LogP contribution in [0.1, 0.15) is 24.0 Å². The number of aromatic nitrogens is 5. The number of carbonyl (C=O) groups excluding carboxylic acids is 1. The summed E-state index contributed by atoms with van der Waals surface area (Å²) < 4.78 is 31.7. The molecule has 3 N–H and O–H groups in total. The van der Waals surface area contributed by atoms with E-state index in [4.69, 9.17) is 19.7 Å². The normalized spacial score (nSPS) is 25.1. The number of fused-ring (bicyclic) bond motifs is 1. The van der Waals surface area contributed by atoms with E-state index in [1.54, 1.807) is 10.8 Å². The van der Waals surface area contributed by atoms with E-state index in [0.29, 0.717) is 23.1 Å². The number of esters is 1. The van der Waals surface area contributed by atoms with E-state index in [1.165, 1.54) is 25.6 Å². The van der Waals surface area contributed by atoms with Gasteiger partial charge >= 0.3 is 5.97 Å². The SMILES string of the molecule is Cc1nccn1P(=O)([O-])OC[C@H]1O[C@@H](n2cc(C#CCOC(=O)C3CN(C)CCN3C)c3c(N)ncnc32)C[C@H]1O. The predicted molar refractivity (Wildman–Crippen MR) is 144 cm³/mol. The van der Waals surface area contributed by atoms with Crippen molar-refractivity contribution < 1.29 is 33.4 Å². The molecule has 5 heterocycles. The summed E-state index contributed by atoms with van der Waals surface area (Å²) in [6, 6.07) is -0.358. The second kappa shape index (κ2) is 11.9. The van der Waals surface area contributed by atoms with E-state index >= 15 is 0 Å². The van der Waals surface area contributed by atoms with Crippen molar-refractivity contribution in [3.8, 4) is 11.8 Å². The number of nitrogens with two attached hydrogens (primary N) is 1. The van der Waals surface area contributed by atoms with Gasteiger partial charge in [-0.1, -0.05) is 11.8 Å². The number of rotatable bonds is 7. The fraction of sp³-hybridized carbons (Fsp3) is 0.520. The predicted octanol–water partition coefficient (Wildman–Crippen LogP) is -0.659. The number of piperazine rings is 1. The number of likely N-dealkylation sites (N-methyl/N-ethyl adjacent to an activating group) is 2. The minimum absolute atomic E-state index is 0.114. The Hall–Kier alpha value is -3.35. The van der Waals surface area contributed by atoms with Crippen LogP contribution in [0.2, 0.25) is 0 Å². The van der Waals surface area contributed by atoms with Gasteiger partial charge in [0.05, 0.1) is 23.7 Å². The van der Waals surface area contributed by atoms with Crippen LogP contribution in [0.15, 0.2) is 24.9 Å². The Bertz CT molecular complexity index is 1530. The molecule has 0 amide bonds. The summed E-state index contributed by atoms with van der Waals surface area (Å²) >= 11 is 0. The van der Waals surface area contributed by atoms with Gasteiger partial charge in [-0.3, -0.25) is 18.6 Å². The third-order valence-corrected chi connectivity index (χ3v) is 8.68. The Kier molecular flexibility index (Phi) is 8.44. The van der Waals surface area contributed by atoms with Crippen molar-refractivity contribution in [2.24, 2.45) is 0 Å². The molecule has 2 saturated heterocycles. The van der Waals surface area contributed by atoms with Gasteiger partial charge in [0.15, 0.2) is 6.61 Å². The van der Waals surface area contributed by atoms with Crippen LogP contribution in [0.5, 0.6) is 0 Å². The highest BCUT2D eigenvalue weighted by Gasteiger charge is 2.37. The first-order chi connectivity index (χ1) is 19.5. The maximum Gasteiger partial charge on any atom is 0.325 e. The molecular formula is C25H32N8O7P-. The van der Waals surface area contributed by atoms with E-state index in [9.17, 15) is 19.4 Å². The van der Waals surface area contributed by atoms with Crippen molar-refractivity contribution >= 4 is 30.6 Å². The van der Waals surface area contributed by atoms with E-state index in [-0.39, 0.29) is 36.7 Å². The minimum Gasteiger partial charge on any atom is -0.761 e. The van der Waals surface area contributed by atoms with Crippen LogP contribution in [0.25, 0.3) is 11.0 Å². The lowest BCUT2D eigenvalue weighted by Gasteiger charge is -2.35. The summed E-state index contributed by atoms with van der Waals surface area (Å²) in [5.74, 6) is 5.95. The average Bonchev–Trinajstić information content (AvgIpc) is 3.64. The van der Waals surface area contributed by atoms with E-state index < -0.39 is 32.8 Å². The zero-order valence-electron chi connectivity index (χ0n) is 22.9. The number of hydrogen-bond donors (Lipinski definition) is 2. The van der Waals surface area contributed by atoms with E-state index in [0.717, 1.165) is 17.4 Å². The molecule has 15 nitrogen and oxygen atoms in total. The Labute approximate surface area is 236 Å². The number of ether oxygens (including phenoxy) is 2. The first-order valence-electron chi connectivity index (χ1n) is 13.0. The molecule has 0 aliphatic carbocycles. The summed E-state index contributed by atoms with van der Waals surface area (Å²) in [5.41, 5.74) is 7.06. The molecule has 3 aromatic rings. The van der Waals surface area contributed by atoms with Gasteiger partial charge in [-0.25, -0.2) is 15.0 Å². The number of aryl methyl sites for hydroxylation is 1. The molecule has 5 atom stereocenters. The standard InChI is InChI=1S/C25H33N8O7P/c1-16-27-6-7-33(16)41(36,37)39-14-20-19(34)11-21(40-20)32-12-17(22-23(26)28-15-29-24(22)32)5-4-10-38-25(35)18-13-30(2)8-9-31(18)3/h6-7,12,15,18-21,34H,8-11,13-14H2,1-3H3,(H,36,37)(H2,26,28,29)/p-1/t18?,19-,20-,21-/m1/s1. The molecule has 220 valence electrons. The van der Waals surface area contributed by atoms with Crippen molar-refractivity contribution in [3.05, 3.63) is 36.3 Å². The largest absolute Gasteiger partial charge is 0.761 e. The van der Waals surface area contributed by atoms with Crippen molar-refractivity contribution in [2.45, 2.75) is 37.8 Å². The molecule has 0 radical (unpaired) electrons. The molecule has 41 heavy (non-hydrogen) atoms. The fourth-order valence-corrected chi connectivity index (χ4v) is 6.01. The van der Waals surface area contributed by atoms with Gasteiger partial charge < -0.3 is 39.2 Å². The molecule has 0 saturated carbocycles. The molecule has 0 spiro atoms. The summed E-state index contributed by atoms with van der Waals surface area (Å²) in [6.45, 7) is 3.26. The first-order valence-corrected chi connectivity index (χ1v) is 14.5. The summed E-state index contributed by atoms with van der Waals surface area (Å²) in [4.78, 5) is 41.4. The molecule has 16 heteroatoms. The molecule has 2 aliphatic heterocycles. The Morgan fingerprint density at radius 3 is 2.88 bits per heavy atom. The maximum atomic E-state index is 12.6. The average molecular weight is 588 g/mol. The van der Waals surface area contributed by atoms with Crippen LogP contribution in [0.3, 0.4) is 0 Å². The molecule has 2 unspecified atom stereocenters. The maximum absolute atomic E-state index is 12.6. The zero-order valence-corrected chi connectivity index (χ0v) is 23.8. The number of imidazole rings is 1. The van der Waals surface area contributed by atoms with Crippen molar-refractivity contribution in [3.63, 3.8) is 0 Å². The van der Waals surface area contributed by atoms with Crippen LogP contribution in [0, 0.1) is 18.8 Å². The summed E-state index contributed by atoms with van der Waals surface area (Å²) in [6.07, 6.45) is 3.11. The van der Waals surface area contributed by atoms with Gasteiger partial charge in [-0.15, -0.1) is 0 Å². The lowest BCUT2D eigenvalue weighted by Crippen LogP contribution is -2.54. The van der Waals surface area contributed by atoms with Crippen LogP contribution in [-0.4, -0.2) is 110 Å². The lowest BCUT2D eigenvalue weighted by atomic mass is 10.2. The van der Waals surface area contributed by atoms with Crippen LogP contribution in [-0.2, 0) is 23.4 Å². The van der Waals surface area contributed by atoms with Gasteiger partial charge in [0, 0.05) is 44.6 Å². The zero-order chi connectivity index (χ0) is 29.3. The monoisotopic (exact) mass is 587 g/mol. The highest BCUT2D eigenvalue weighted by atomic mass is 31.2. The molecule has 3 aromatic heterocycles. The van der Waals surface area contributed by atoms with Crippen molar-refractivity contribution in [2.75, 3.05) is 52.7 Å². The molecule has 0 bridgehead atoms. The number of hydrogen-bond acceptors (Lipinski definition) is 13. The number of nitrogens with zero attached hydrogens (tertiary/aromatic N) is 7. The number of carbonyl (C=O) groups is 1. The second-order valence-corrected chi connectivity index (χ2v) is 11.7. The minimum atomic E-state index is -4.48. The third kappa shape index (κ3) is 6.14. The van der Waals surface area contributed by atoms with Crippen molar-refractivity contribution in [1.29, 1.82) is 0 Å². The van der Waals surface area contributed by atoms with E-state index in [1.807, 2.05) is 19.0 Å². The van der Waals surface area contributed by atoms with Gasteiger partial charge in [0.1, 0.15) is 42.0 Å². The van der Waals surface area contributed by atoms with Gasteiger partial charge in [-0.05, 0) is 21.0 Å². The first kappa shape index (κ1) is 29.2. The Morgan fingerprint density at radius 2 is 2.12 bits per heavy atom. The van der Waals surface area contributed by atoms with Gasteiger partial charge in [0.2, 0.25) is 7.75 Å².